The molecule has 0 heterocycles. The van der Waals surface area contributed by atoms with Gasteiger partial charge in [0.25, 0.3) is 0 Å². The molecular weight excluding hydrogens is 454 g/mol. The second-order valence-electron chi connectivity index (χ2n) is 9.30. The van der Waals surface area contributed by atoms with Crippen LogP contribution < -0.4 is 9.91 Å². The maximum atomic E-state index is 13.6. The van der Waals surface area contributed by atoms with Crippen molar-refractivity contribution < 1.29 is 8.42 Å². The minimum Gasteiger partial charge on any atom is -0.207 e. The van der Waals surface area contributed by atoms with E-state index in [0.29, 0.717) is 0 Å². The summed E-state index contributed by atoms with van der Waals surface area (Å²) >= 11 is 0. The van der Waals surface area contributed by atoms with E-state index in [4.69, 9.17) is 0 Å². The molecule has 34 heavy (non-hydrogen) atoms. The Balaban J connectivity index is 1.88. The Morgan fingerprint density at radius 3 is 1.65 bits per heavy atom. The van der Waals surface area contributed by atoms with E-state index < -0.39 is 24.1 Å². The van der Waals surface area contributed by atoms with E-state index in [2.05, 4.69) is 54.2 Å². The summed E-state index contributed by atoms with van der Waals surface area (Å²) < 4.78 is 30.4. The van der Waals surface area contributed by atoms with Crippen LogP contribution in [0.3, 0.4) is 0 Å². The average molecular weight is 486 g/mol. The highest BCUT2D eigenvalue weighted by Crippen LogP contribution is 2.39. The SMILES string of the molecule is Cc1ccc(S(=O)(=O)N[C@@H](c2ccccc2)[C@@H](c2ccccc2)[Si](C)(C)c2ccccc2)cc1. The third-order valence-electron chi connectivity index (χ3n) is 6.56. The first-order valence-electron chi connectivity index (χ1n) is 11.5. The molecule has 0 aromatic heterocycles. The minimum atomic E-state index is -3.75. The van der Waals surface area contributed by atoms with Gasteiger partial charge in [-0.15, -0.1) is 0 Å². The Hall–Kier alpha value is -2.99. The molecule has 0 spiro atoms. The molecule has 2 atom stereocenters. The van der Waals surface area contributed by atoms with Gasteiger partial charge in [-0.05, 0) is 30.2 Å². The standard InChI is InChI=1S/C29H31NO2SSi/c1-23-19-21-26(22-20-23)33(31,32)30-28(24-13-7-4-8-14-24)29(25-15-9-5-10-16-25)34(2,3)27-17-11-6-12-18-27/h4-22,28-30H,1-3H3/t28-,29+/m0/s1. The van der Waals surface area contributed by atoms with Crippen LogP contribution in [0, 0.1) is 6.92 Å². The predicted octanol–water partition coefficient (Wildman–Crippen LogP) is 5.95. The van der Waals surface area contributed by atoms with Crippen LogP contribution in [0.25, 0.3) is 0 Å². The van der Waals surface area contributed by atoms with Crippen molar-refractivity contribution in [2.24, 2.45) is 0 Å². The molecule has 0 radical (unpaired) electrons. The summed E-state index contributed by atoms with van der Waals surface area (Å²) in [6, 6.07) is 37.4. The molecule has 4 rings (SSSR count). The van der Waals surface area contributed by atoms with E-state index in [1.54, 1.807) is 12.1 Å². The molecule has 0 bridgehead atoms. The number of hydrogen-bond acceptors (Lipinski definition) is 2. The molecular formula is C29H31NO2SSi. The highest BCUT2D eigenvalue weighted by atomic mass is 32.2. The lowest BCUT2D eigenvalue weighted by Crippen LogP contribution is -2.52. The summed E-state index contributed by atoms with van der Waals surface area (Å²) in [5.41, 5.74) is 3.10. The predicted molar refractivity (Wildman–Crippen MR) is 143 cm³/mol. The summed E-state index contributed by atoms with van der Waals surface area (Å²) in [6.07, 6.45) is 0. The lowest BCUT2D eigenvalue weighted by molar-refractivity contribution is 0.545. The van der Waals surface area contributed by atoms with Crippen molar-refractivity contribution in [3.8, 4) is 0 Å². The Kier molecular flexibility index (Phi) is 7.17. The van der Waals surface area contributed by atoms with Crippen molar-refractivity contribution in [3.63, 3.8) is 0 Å². The number of rotatable bonds is 8. The van der Waals surface area contributed by atoms with Crippen LogP contribution in [0.5, 0.6) is 0 Å². The highest BCUT2D eigenvalue weighted by molar-refractivity contribution is 7.89. The van der Waals surface area contributed by atoms with Gasteiger partial charge in [0.1, 0.15) is 0 Å². The van der Waals surface area contributed by atoms with Crippen LogP contribution in [0.2, 0.25) is 13.1 Å². The fraction of sp³-hybridized carbons (Fsp3) is 0.172. The normalized spacial score (nSPS) is 13.9. The second-order valence-corrected chi connectivity index (χ2v) is 15.7. The highest BCUT2D eigenvalue weighted by Gasteiger charge is 2.42. The van der Waals surface area contributed by atoms with Gasteiger partial charge in [0.2, 0.25) is 10.0 Å². The van der Waals surface area contributed by atoms with E-state index in [1.165, 1.54) is 5.19 Å². The van der Waals surface area contributed by atoms with Crippen LogP contribution in [-0.2, 0) is 10.0 Å². The molecule has 4 aromatic rings. The fourth-order valence-corrected chi connectivity index (χ4v) is 9.58. The van der Waals surface area contributed by atoms with E-state index in [0.717, 1.165) is 16.7 Å². The van der Waals surface area contributed by atoms with Gasteiger partial charge < -0.3 is 0 Å². The van der Waals surface area contributed by atoms with Crippen molar-refractivity contribution in [1.82, 2.24) is 4.72 Å². The Morgan fingerprint density at radius 1 is 0.647 bits per heavy atom. The van der Waals surface area contributed by atoms with Gasteiger partial charge in [-0.3, -0.25) is 0 Å². The summed E-state index contributed by atoms with van der Waals surface area (Å²) in [5, 5.41) is 1.29. The third kappa shape index (κ3) is 5.22. The number of nitrogens with one attached hydrogen (secondary N) is 1. The van der Waals surface area contributed by atoms with Crippen molar-refractivity contribution in [2.45, 2.75) is 36.5 Å². The van der Waals surface area contributed by atoms with Crippen molar-refractivity contribution >= 4 is 23.3 Å². The molecule has 3 nitrogen and oxygen atoms in total. The summed E-state index contributed by atoms with van der Waals surface area (Å²) in [7, 11) is -5.98. The van der Waals surface area contributed by atoms with Crippen molar-refractivity contribution in [2.75, 3.05) is 0 Å². The van der Waals surface area contributed by atoms with E-state index in [1.807, 2.05) is 73.7 Å². The topological polar surface area (TPSA) is 46.2 Å². The smallest absolute Gasteiger partial charge is 0.207 e. The summed E-state index contributed by atoms with van der Waals surface area (Å²) in [5.74, 6) is 0. The summed E-state index contributed by atoms with van der Waals surface area (Å²) in [6.45, 7) is 6.61. The first-order chi connectivity index (χ1) is 16.3. The van der Waals surface area contributed by atoms with Gasteiger partial charge in [0, 0.05) is 5.54 Å². The third-order valence-corrected chi connectivity index (χ3v) is 12.1. The zero-order valence-electron chi connectivity index (χ0n) is 19.8. The van der Waals surface area contributed by atoms with Crippen LogP contribution in [0.1, 0.15) is 28.3 Å². The summed E-state index contributed by atoms with van der Waals surface area (Å²) in [4.78, 5) is 0.282. The maximum Gasteiger partial charge on any atom is 0.241 e. The van der Waals surface area contributed by atoms with Gasteiger partial charge in [-0.1, -0.05) is 127 Å². The lowest BCUT2D eigenvalue weighted by Gasteiger charge is -2.39. The van der Waals surface area contributed by atoms with Gasteiger partial charge in [0.15, 0.2) is 0 Å². The lowest BCUT2D eigenvalue weighted by atomic mass is 9.99. The van der Waals surface area contributed by atoms with Gasteiger partial charge in [-0.2, -0.15) is 0 Å². The quantitative estimate of drug-likeness (QED) is 0.313. The zero-order valence-corrected chi connectivity index (χ0v) is 21.7. The maximum absolute atomic E-state index is 13.6. The fourth-order valence-electron chi connectivity index (χ4n) is 4.67. The number of sulfonamides is 1. The van der Waals surface area contributed by atoms with E-state index in [9.17, 15) is 8.42 Å². The Labute approximate surface area is 204 Å². The molecule has 0 aliphatic heterocycles. The van der Waals surface area contributed by atoms with E-state index >= 15 is 0 Å². The van der Waals surface area contributed by atoms with Gasteiger partial charge >= 0.3 is 0 Å². The monoisotopic (exact) mass is 485 g/mol. The number of benzene rings is 4. The number of aryl methyl sites for hydroxylation is 1. The molecule has 0 saturated carbocycles. The van der Waals surface area contributed by atoms with Gasteiger partial charge in [0.05, 0.1) is 19.0 Å². The molecule has 1 N–H and O–H groups in total. The first kappa shape index (κ1) is 24.1. The average Bonchev–Trinajstić information content (AvgIpc) is 2.85. The molecule has 4 aromatic carbocycles. The molecule has 0 fully saturated rings. The molecule has 5 heteroatoms. The largest absolute Gasteiger partial charge is 0.241 e. The van der Waals surface area contributed by atoms with Gasteiger partial charge in [-0.25, -0.2) is 13.1 Å². The Bertz CT molecular complexity index is 1310. The van der Waals surface area contributed by atoms with Crippen LogP contribution in [0.4, 0.5) is 0 Å². The van der Waals surface area contributed by atoms with Crippen LogP contribution in [-0.4, -0.2) is 16.5 Å². The minimum absolute atomic E-state index is 0.0290. The molecule has 0 amide bonds. The first-order valence-corrected chi connectivity index (χ1v) is 16.1. The van der Waals surface area contributed by atoms with E-state index in [-0.39, 0.29) is 10.4 Å². The Morgan fingerprint density at radius 2 is 1.12 bits per heavy atom. The number of hydrogen-bond donors (Lipinski definition) is 1. The molecule has 174 valence electrons. The van der Waals surface area contributed by atoms with Crippen molar-refractivity contribution in [1.29, 1.82) is 0 Å². The van der Waals surface area contributed by atoms with Crippen molar-refractivity contribution in [3.05, 3.63) is 132 Å². The molecule has 0 aliphatic carbocycles. The van der Waals surface area contributed by atoms with Crippen LogP contribution >= 0.6 is 0 Å². The molecule has 0 aliphatic rings. The zero-order chi connectivity index (χ0) is 24.2. The second kappa shape index (κ2) is 10.1. The molecule has 0 saturated heterocycles. The van der Waals surface area contributed by atoms with Crippen LogP contribution in [0.15, 0.2) is 120 Å². The molecule has 0 unspecified atom stereocenters.